The summed E-state index contributed by atoms with van der Waals surface area (Å²) in [4.78, 5) is 17.9. The minimum absolute atomic E-state index is 0.226. The highest BCUT2D eigenvalue weighted by Crippen LogP contribution is 2.09. The molecule has 1 saturated heterocycles. The lowest BCUT2D eigenvalue weighted by atomic mass is 10.0. The molecule has 0 aromatic carbocycles. The molecule has 0 spiro atoms. The number of piperidine rings is 1. The smallest absolute Gasteiger partial charge is 0.222 e. The second-order valence-electron chi connectivity index (χ2n) is 5.28. The number of rotatable bonds is 5. The number of carbonyl (C=O) groups excluding carboxylic acids is 1. The van der Waals surface area contributed by atoms with Gasteiger partial charge < -0.3 is 10.2 Å². The summed E-state index contributed by atoms with van der Waals surface area (Å²) in [5, 5.41) is 3.48. The van der Waals surface area contributed by atoms with Crippen molar-refractivity contribution < 1.29 is 4.79 Å². The Morgan fingerprint density at radius 1 is 1.42 bits per heavy atom. The Balaban J connectivity index is 1.72. The monoisotopic (exact) mass is 261 g/mol. The number of amides is 1. The molecule has 1 unspecified atom stereocenters. The maximum atomic E-state index is 12.1. The van der Waals surface area contributed by atoms with Crippen LogP contribution in [0.15, 0.2) is 24.5 Å². The van der Waals surface area contributed by atoms with Crippen molar-refractivity contribution in [3.63, 3.8) is 0 Å². The van der Waals surface area contributed by atoms with Gasteiger partial charge >= 0.3 is 0 Å². The summed E-state index contributed by atoms with van der Waals surface area (Å²) in [6, 6.07) is 4.41. The van der Waals surface area contributed by atoms with Crippen LogP contribution < -0.4 is 5.32 Å². The first-order chi connectivity index (χ1) is 9.25. The van der Waals surface area contributed by atoms with E-state index < -0.39 is 0 Å². The molecule has 1 N–H and O–H groups in total. The Kier molecular flexibility index (Phi) is 5.33. The number of hydrogen-bond donors (Lipinski definition) is 1. The van der Waals surface area contributed by atoms with Crippen LogP contribution in [-0.4, -0.2) is 42.0 Å². The van der Waals surface area contributed by atoms with Gasteiger partial charge in [0, 0.05) is 38.4 Å². The molecule has 4 heteroatoms. The molecule has 1 aliphatic rings. The lowest BCUT2D eigenvalue weighted by molar-refractivity contribution is -0.130. The number of hydrogen-bond acceptors (Lipinski definition) is 3. The molecule has 0 saturated carbocycles. The molecule has 1 aromatic rings. The molecule has 19 heavy (non-hydrogen) atoms. The zero-order valence-electron chi connectivity index (χ0n) is 11.6. The van der Waals surface area contributed by atoms with E-state index in [1.165, 1.54) is 24.8 Å². The van der Waals surface area contributed by atoms with Crippen LogP contribution >= 0.6 is 0 Å². The Morgan fingerprint density at radius 3 is 2.89 bits per heavy atom. The fourth-order valence-electron chi connectivity index (χ4n) is 2.50. The van der Waals surface area contributed by atoms with Crippen LogP contribution in [0.4, 0.5) is 0 Å². The van der Waals surface area contributed by atoms with E-state index in [1.807, 2.05) is 24.1 Å². The van der Waals surface area contributed by atoms with Crippen LogP contribution in [0, 0.1) is 0 Å². The van der Waals surface area contributed by atoms with E-state index in [4.69, 9.17) is 0 Å². The van der Waals surface area contributed by atoms with Gasteiger partial charge in [0.1, 0.15) is 0 Å². The van der Waals surface area contributed by atoms with Gasteiger partial charge in [-0.3, -0.25) is 9.78 Å². The summed E-state index contributed by atoms with van der Waals surface area (Å²) in [5.41, 5.74) is 1.17. The second-order valence-corrected chi connectivity index (χ2v) is 5.28. The number of aromatic nitrogens is 1. The quantitative estimate of drug-likeness (QED) is 0.876. The maximum Gasteiger partial charge on any atom is 0.222 e. The highest BCUT2D eigenvalue weighted by atomic mass is 16.2. The van der Waals surface area contributed by atoms with Gasteiger partial charge in [-0.1, -0.05) is 6.42 Å². The molecule has 1 atom stereocenters. The van der Waals surface area contributed by atoms with Crippen LogP contribution in [0.1, 0.15) is 31.2 Å². The average molecular weight is 261 g/mol. The third-order valence-corrected chi connectivity index (χ3v) is 3.71. The zero-order valence-corrected chi connectivity index (χ0v) is 11.6. The van der Waals surface area contributed by atoms with E-state index in [0.29, 0.717) is 12.5 Å². The van der Waals surface area contributed by atoms with Gasteiger partial charge in [0.15, 0.2) is 0 Å². The zero-order chi connectivity index (χ0) is 13.5. The molecule has 0 bridgehead atoms. The summed E-state index contributed by atoms with van der Waals surface area (Å²) in [7, 11) is 1.91. The molecule has 0 aliphatic carbocycles. The Labute approximate surface area is 115 Å². The van der Waals surface area contributed by atoms with Gasteiger partial charge in [-0.05, 0) is 43.5 Å². The third-order valence-electron chi connectivity index (χ3n) is 3.71. The Morgan fingerprint density at radius 2 is 2.21 bits per heavy atom. The molecule has 2 rings (SSSR count). The third kappa shape index (κ3) is 4.63. The second kappa shape index (κ2) is 7.24. The first-order valence-corrected chi connectivity index (χ1v) is 7.12. The topological polar surface area (TPSA) is 45.2 Å². The molecule has 1 amide bonds. The van der Waals surface area contributed by atoms with Gasteiger partial charge in [-0.25, -0.2) is 0 Å². The molecule has 1 fully saturated rings. The van der Waals surface area contributed by atoms with Crippen molar-refractivity contribution in [2.75, 3.05) is 20.1 Å². The molecule has 4 nitrogen and oxygen atoms in total. The molecule has 104 valence electrons. The van der Waals surface area contributed by atoms with E-state index in [2.05, 4.69) is 10.3 Å². The van der Waals surface area contributed by atoms with Crippen molar-refractivity contribution in [2.24, 2.45) is 0 Å². The van der Waals surface area contributed by atoms with Crippen molar-refractivity contribution in [1.29, 1.82) is 0 Å². The minimum Gasteiger partial charge on any atom is -0.344 e. The predicted octanol–water partition coefficient (Wildman–Crippen LogP) is 1.61. The first-order valence-electron chi connectivity index (χ1n) is 7.12. The highest BCUT2D eigenvalue weighted by molar-refractivity contribution is 5.76. The van der Waals surface area contributed by atoms with Crippen LogP contribution in [0.5, 0.6) is 0 Å². The summed E-state index contributed by atoms with van der Waals surface area (Å²) in [6.45, 7) is 1.92. The highest BCUT2D eigenvalue weighted by Gasteiger charge is 2.17. The van der Waals surface area contributed by atoms with Crippen molar-refractivity contribution in [1.82, 2.24) is 15.2 Å². The van der Waals surface area contributed by atoms with E-state index in [0.717, 1.165) is 19.5 Å². The van der Waals surface area contributed by atoms with E-state index in [1.54, 1.807) is 12.4 Å². The SMILES string of the molecule is CN(CC1CCCCN1)C(=O)CCc1ccncc1. The number of nitrogens with one attached hydrogen (secondary N) is 1. The van der Waals surface area contributed by atoms with Crippen LogP contribution in [0.3, 0.4) is 0 Å². The summed E-state index contributed by atoms with van der Waals surface area (Å²) < 4.78 is 0. The van der Waals surface area contributed by atoms with Crippen molar-refractivity contribution in [2.45, 2.75) is 38.1 Å². The van der Waals surface area contributed by atoms with Crippen molar-refractivity contribution >= 4 is 5.91 Å². The fourth-order valence-corrected chi connectivity index (χ4v) is 2.50. The van der Waals surface area contributed by atoms with E-state index in [-0.39, 0.29) is 5.91 Å². The fraction of sp³-hybridized carbons (Fsp3) is 0.600. The number of carbonyl (C=O) groups is 1. The number of nitrogens with zero attached hydrogens (tertiary/aromatic N) is 2. The number of pyridine rings is 1. The van der Waals surface area contributed by atoms with Gasteiger partial charge in [-0.2, -0.15) is 0 Å². The van der Waals surface area contributed by atoms with Gasteiger partial charge in [0.25, 0.3) is 0 Å². The molecular weight excluding hydrogens is 238 g/mol. The lowest BCUT2D eigenvalue weighted by Gasteiger charge is -2.28. The van der Waals surface area contributed by atoms with E-state index in [9.17, 15) is 4.79 Å². The largest absolute Gasteiger partial charge is 0.344 e. The molecule has 2 heterocycles. The molecule has 0 radical (unpaired) electrons. The molecule has 1 aliphatic heterocycles. The van der Waals surface area contributed by atoms with Crippen LogP contribution in [0.25, 0.3) is 0 Å². The number of aryl methyl sites for hydroxylation is 1. The Hall–Kier alpha value is -1.42. The molecule has 1 aromatic heterocycles. The van der Waals surface area contributed by atoms with Crippen LogP contribution in [-0.2, 0) is 11.2 Å². The predicted molar refractivity (Wildman–Crippen MR) is 75.8 cm³/mol. The lowest BCUT2D eigenvalue weighted by Crippen LogP contribution is -2.44. The van der Waals surface area contributed by atoms with Gasteiger partial charge in [0.2, 0.25) is 5.91 Å². The minimum atomic E-state index is 0.226. The van der Waals surface area contributed by atoms with Crippen molar-refractivity contribution in [3.05, 3.63) is 30.1 Å². The van der Waals surface area contributed by atoms with Crippen LogP contribution in [0.2, 0.25) is 0 Å². The Bertz CT molecular complexity index is 388. The van der Waals surface area contributed by atoms with Gasteiger partial charge in [0.05, 0.1) is 0 Å². The first kappa shape index (κ1) is 14.0. The summed E-state index contributed by atoms with van der Waals surface area (Å²) in [6.07, 6.45) is 8.64. The summed E-state index contributed by atoms with van der Waals surface area (Å²) >= 11 is 0. The normalized spacial score (nSPS) is 19.1. The molecular formula is C15H23N3O. The summed E-state index contributed by atoms with van der Waals surface area (Å²) in [5.74, 6) is 0.226. The number of likely N-dealkylation sites (N-methyl/N-ethyl adjacent to an activating group) is 1. The average Bonchev–Trinajstić information content (AvgIpc) is 2.47. The van der Waals surface area contributed by atoms with E-state index >= 15 is 0 Å². The standard InChI is InChI=1S/C15H23N3O/c1-18(12-14-4-2-3-9-17-14)15(19)6-5-13-7-10-16-11-8-13/h7-8,10-11,14,17H,2-6,9,12H2,1H3. The van der Waals surface area contributed by atoms with Gasteiger partial charge in [-0.15, -0.1) is 0 Å². The van der Waals surface area contributed by atoms with Crippen molar-refractivity contribution in [3.8, 4) is 0 Å². The maximum absolute atomic E-state index is 12.1.